The number of ether oxygens (including phenoxy) is 1. The fourth-order valence-electron chi connectivity index (χ4n) is 1.71. The standard InChI is InChI=1S/C13H16O5/c1-2-18-13(17)11-5-3-4-9(8-14)10(11)6-7-12(15)16/h3-5,14H,2,6-8H2,1H3,(H,15,16). The first-order chi connectivity index (χ1) is 8.60. The van der Waals surface area contributed by atoms with E-state index >= 15 is 0 Å². The lowest BCUT2D eigenvalue weighted by molar-refractivity contribution is -0.136. The molecule has 98 valence electrons. The van der Waals surface area contributed by atoms with Crippen LogP contribution in [0.4, 0.5) is 0 Å². The van der Waals surface area contributed by atoms with Gasteiger partial charge in [-0.2, -0.15) is 0 Å². The molecule has 0 atom stereocenters. The summed E-state index contributed by atoms with van der Waals surface area (Å²) in [5, 5.41) is 17.9. The minimum absolute atomic E-state index is 0.0938. The molecule has 0 aliphatic rings. The molecule has 0 radical (unpaired) electrons. The zero-order valence-corrected chi connectivity index (χ0v) is 10.2. The number of hydrogen-bond donors (Lipinski definition) is 2. The maximum absolute atomic E-state index is 11.7. The molecule has 1 aromatic rings. The largest absolute Gasteiger partial charge is 0.481 e. The topological polar surface area (TPSA) is 83.8 Å². The van der Waals surface area contributed by atoms with Crippen LogP contribution in [0.15, 0.2) is 18.2 Å². The van der Waals surface area contributed by atoms with Crippen LogP contribution in [0.3, 0.4) is 0 Å². The van der Waals surface area contributed by atoms with E-state index in [0.717, 1.165) is 0 Å². The third-order valence-corrected chi connectivity index (χ3v) is 2.53. The first-order valence-corrected chi connectivity index (χ1v) is 5.70. The second-order valence-electron chi connectivity index (χ2n) is 3.72. The summed E-state index contributed by atoms with van der Waals surface area (Å²) in [7, 11) is 0. The van der Waals surface area contributed by atoms with E-state index < -0.39 is 11.9 Å². The summed E-state index contributed by atoms with van der Waals surface area (Å²) in [6.45, 7) is 1.72. The summed E-state index contributed by atoms with van der Waals surface area (Å²) in [5.41, 5.74) is 1.42. The molecule has 0 spiro atoms. The van der Waals surface area contributed by atoms with E-state index in [1.807, 2.05) is 0 Å². The molecule has 2 N–H and O–H groups in total. The van der Waals surface area contributed by atoms with Crippen molar-refractivity contribution in [2.75, 3.05) is 6.61 Å². The van der Waals surface area contributed by atoms with E-state index in [1.54, 1.807) is 25.1 Å². The van der Waals surface area contributed by atoms with Crippen LogP contribution in [-0.4, -0.2) is 28.8 Å². The number of carboxylic acids is 1. The number of aliphatic hydroxyl groups excluding tert-OH is 1. The third kappa shape index (κ3) is 3.56. The van der Waals surface area contributed by atoms with Crippen LogP contribution in [0.2, 0.25) is 0 Å². The second kappa shape index (κ2) is 6.76. The average Bonchev–Trinajstić information content (AvgIpc) is 2.36. The molecule has 0 amide bonds. The molecule has 0 saturated carbocycles. The molecular formula is C13H16O5. The van der Waals surface area contributed by atoms with Gasteiger partial charge in [-0.3, -0.25) is 4.79 Å². The first-order valence-electron chi connectivity index (χ1n) is 5.70. The SMILES string of the molecule is CCOC(=O)c1cccc(CO)c1CCC(=O)O. The van der Waals surface area contributed by atoms with Gasteiger partial charge in [0.1, 0.15) is 0 Å². The Kier molecular flexibility index (Phi) is 5.32. The fraction of sp³-hybridized carbons (Fsp3) is 0.385. The first kappa shape index (κ1) is 14.2. The Morgan fingerprint density at radius 3 is 2.61 bits per heavy atom. The monoisotopic (exact) mass is 252 g/mol. The van der Waals surface area contributed by atoms with E-state index in [4.69, 9.17) is 9.84 Å². The number of carbonyl (C=O) groups is 2. The molecule has 1 rings (SSSR count). The minimum Gasteiger partial charge on any atom is -0.481 e. The molecule has 0 aliphatic carbocycles. The van der Waals surface area contributed by atoms with E-state index in [-0.39, 0.29) is 26.1 Å². The van der Waals surface area contributed by atoms with Crippen LogP contribution in [-0.2, 0) is 22.6 Å². The molecular weight excluding hydrogens is 236 g/mol. The number of carbonyl (C=O) groups excluding carboxylic acids is 1. The Labute approximate surface area is 105 Å². The van der Waals surface area contributed by atoms with Crippen LogP contribution < -0.4 is 0 Å². The summed E-state index contributed by atoms with van der Waals surface area (Å²) in [4.78, 5) is 22.3. The molecule has 18 heavy (non-hydrogen) atoms. The zero-order valence-electron chi connectivity index (χ0n) is 10.2. The van der Waals surface area contributed by atoms with E-state index in [9.17, 15) is 14.7 Å². The molecule has 0 bridgehead atoms. The number of hydrogen-bond acceptors (Lipinski definition) is 4. The number of carboxylic acid groups (broad SMARTS) is 1. The number of benzene rings is 1. The Hall–Kier alpha value is -1.88. The summed E-state index contributed by atoms with van der Waals surface area (Å²) in [5.74, 6) is -1.44. The van der Waals surface area contributed by atoms with Crippen molar-refractivity contribution in [3.05, 3.63) is 34.9 Å². The fourth-order valence-corrected chi connectivity index (χ4v) is 1.71. The smallest absolute Gasteiger partial charge is 0.338 e. The van der Waals surface area contributed by atoms with Crippen LogP contribution >= 0.6 is 0 Å². The van der Waals surface area contributed by atoms with Gasteiger partial charge in [0.05, 0.1) is 18.8 Å². The third-order valence-electron chi connectivity index (χ3n) is 2.53. The number of esters is 1. The van der Waals surface area contributed by atoms with Gasteiger partial charge in [-0.1, -0.05) is 12.1 Å². The maximum atomic E-state index is 11.7. The quantitative estimate of drug-likeness (QED) is 0.747. The van der Waals surface area contributed by atoms with Gasteiger partial charge in [-0.25, -0.2) is 4.79 Å². The van der Waals surface area contributed by atoms with E-state index in [1.165, 1.54) is 0 Å². The van der Waals surface area contributed by atoms with Gasteiger partial charge >= 0.3 is 11.9 Å². The Morgan fingerprint density at radius 1 is 1.33 bits per heavy atom. The maximum Gasteiger partial charge on any atom is 0.338 e. The molecule has 0 aromatic heterocycles. The molecule has 0 aliphatic heterocycles. The summed E-state index contributed by atoms with van der Waals surface area (Å²) in [6, 6.07) is 4.89. The van der Waals surface area contributed by atoms with E-state index in [2.05, 4.69) is 0 Å². The molecule has 5 heteroatoms. The lowest BCUT2D eigenvalue weighted by atomic mass is 9.97. The van der Waals surface area contributed by atoms with Crippen molar-refractivity contribution in [2.24, 2.45) is 0 Å². The lowest BCUT2D eigenvalue weighted by Gasteiger charge is -2.11. The van der Waals surface area contributed by atoms with Gasteiger partial charge in [-0.05, 0) is 30.5 Å². The molecule has 5 nitrogen and oxygen atoms in total. The van der Waals surface area contributed by atoms with Gasteiger partial charge in [0.15, 0.2) is 0 Å². The molecule has 0 heterocycles. The van der Waals surface area contributed by atoms with Gasteiger partial charge < -0.3 is 14.9 Å². The van der Waals surface area contributed by atoms with Crippen LogP contribution in [0, 0.1) is 0 Å². The Balaban J connectivity index is 3.07. The van der Waals surface area contributed by atoms with Crippen LogP contribution in [0.5, 0.6) is 0 Å². The minimum atomic E-state index is -0.947. The molecule has 0 unspecified atom stereocenters. The van der Waals surface area contributed by atoms with Crippen LogP contribution in [0.25, 0.3) is 0 Å². The van der Waals surface area contributed by atoms with Crippen molar-refractivity contribution < 1.29 is 24.5 Å². The van der Waals surface area contributed by atoms with E-state index in [0.29, 0.717) is 16.7 Å². The van der Waals surface area contributed by atoms with Crippen molar-refractivity contribution in [1.29, 1.82) is 0 Å². The highest BCUT2D eigenvalue weighted by molar-refractivity contribution is 5.91. The van der Waals surface area contributed by atoms with Crippen LogP contribution in [0.1, 0.15) is 34.8 Å². The predicted octanol–water partition coefficient (Wildman–Crippen LogP) is 1.37. The summed E-state index contributed by atoms with van der Waals surface area (Å²) in [6.07, 6.45) is 0.101. The highest BCUT2D eigenvalue weighted by Gasteiger charge is 2.16. The molecule has 1 aromatic carbocycles. The second-order valence-corrected chi connectivity index (χ2v) is 3.72. The lowest BCUT2D eigenvalue weighted by Crippen LogP contribution is -2.11. The van der Waals surface area contributed by atoms with Gasteiger partial charge in [0.2, 0.25) is 0 Å². The van der Waals surface area contributed by atoms with Gasteiger partial charge in [-0.15, -0.1) is 0 Å². The Morgan fingerprint density at radius 2 is 2.06 bits per heavy atom. The summed E-state index contributed by atoms with van der Waals surface area (Å²) >= 11 is 0. The average molecular weight is 252 g/mol. The van der Waals surface area contributed by atoms with Gasteiger partial charge in [0, 0.05) is 6.42 Å². The normalized spacial score (nSPS) is 10.1. The molecule has 0 saturated heterocycles. The number of aliphatic carboxylic acids is 1. The molecule has 0 fully saturated rings. The van der Waals surface area contributed by atoms with Crippen molar-refractivity contribution in [2.45, 2.75) is 26.4 Å². The highest BCUT2D eigenvalue weighted by Crippen LogP contribution is 2.18. The van der Waals surface area contributed by atoms with Crippen molar-refractivity contribution >= 4 is 11.9 Å². The van der Waals surface area contributed by atoms with Crippen molar-refractivity contribution in [3.63, 3.8) is 0 Å². The summed E-state index contributed by atoms with van der Waals surface area (Å²) < 4.78 is 4.91. The van der Waals surface area contributed by atoms with Gasteiger partial charge in [0.25, 0.3) is 0 Å². The predicted molar refractivity (Wildman–Crippen MR) is 64.3 cm³/mol. The number of rotatable bonds is 6. The number of aliphatic hydroxyl groups is 1. The van der Waals surface area contributed by atoms with Crippen molar-refractivity contribution in [3.8, 4) is 0 Å². The zero-order chi connectivity index (χ0) is 13.5. The Bertz CT molecular complexity index is 439. The highest BCUT2D eigenvalue weighted by atomic mass is 16.5. The van der Waals surface area contributed by atoms with Crippen molar-refractivity contribution in [1.82, 2.24) is 0 Å².